The van der Waals surface area contributed by atoms with Crippen LogP contribution in [0.25, 0.3) is 0 Å². The normalized spacial score (nSPS) is 11.3. The fourth-order valence-corrected chi connectivity index (χ4v) is 1.72. The third kappa shape index (κ3) is 3.65. The molecule has 16 heavy (non-hydrogen) atoms. The van der Waals surface area contributed by atoms with Gasteiger partial charge in [0.05, 0.1) is 10.6 Å². The Kier molecular flexibility index (Phi) is 4.65. The van der Waals surface area contributed by atoms with E-state index in [2.05, 4.69) is 21.2 Å². The molecule has 0 aliphatic heterocycles. The third-order valence-electron chi connectivity index (χ3n) is 1.96. The fourth-order valence-electron chi connectivity index (χ4n) is 1.08. The summed E-state index contributed by atoms with van der Waals surface area (Å²) < 4.78 is 0. The molecule has 1 amide bonds. The van der Waals surface area contributed by atoms with Crippen LogP contribution in [0, 0.1) is 0 Å². The van der Waals surface area contributed by atoms with Gasteiger partial charge in [0.2, 0.25) is 0 Å². The number of carbonyl (C=O) groups is 1. The van der Waals surface area contributed by atoms with Crippen LogP contribution in [-0.4, -0.2) is 16.8 Å². The lowest BCUT2D eigenvalue weighted by molar-refractivity contribution is 0.0921. The molecule has 0 aliphatic rings. The quantitative estimate of drug-likeness (QED) is 0.839. The maximum atomic E-state index is 11.9. The highest BCUT2D eigenvalue weighted by atomic mass is 79.9. The zero-order chi connectivity index (χ0) is 12.3. The number of hydrogen-bond acceptors (Lipinski definition) is 1. The van der Waals surface area contributed by atoms with E-state index >= 15 is 0 Å². The molecule has 1 N–H and O–H groups in total. The molecule has 2 nitrogen and oxygen atoms in total. The van der Waals surface area contributed by atoms with Gasteiger partial charge in [0, 0.05) is 15.9 Å². The predicted octanol–water partition coefficient (Wildman–Crippen LogP) is 3.90. The van der Waals surface area contributed by atoms with Crippen LogP contribution in [0.5, 0.6) is 0 Å². The Morgan fingerprint density at radius 3 is 2.56 bits per heavy atom. The second-order valence-electron chi connectivity index (χ2n) is 4.10. The Labute approximate surface area is 113 Å². The van der Waals surface area contributed by atoms with Crippen molar-refractivity contribution in [2.75, 3.05) is 5.33 Å². The zero-order valence-corrected chi connectivity index (χ0v) is 12.1. The first-order valence-corrected chi connectivity index (χ1v) is 6.57. The molecule has 1 aromatic carbocycles. The number of nitrogens with one attached hydrogen (secondary N) is 1. The van der Waals surface area contributed by atoms with Crippen molar-refractivity contribution >= 4 is 45.0 Å². The van der Waals surface area contributed by atoms with Gasteiger partial charge < -0.3 is 5.32 Å². The van der Waals surface area contributed by atoms with E-state index < -0.39 is 0 Å². The summed E-state index contributed by atoms with van der Waals surface area (Å²) >= 11 is 15.0. The second-order valence-corrected chi connectivity index (χ2v) is 5.50. The molecule has 1 rings (SSSR count). The molecule has 0 aliphatic carbocycles. The average molecular weight is 325 g/mol. The van der Waals surface area contributed by atoms with Crippen molar-refractivity contribution in [2.24, 2.45) is 0 Å². The van der Waals surface area contributed by atoms with Crippen LogP contribution in [0.3, 0.4) is 0 Å². The molecular weight excluding hydrogens is 313 g/mol. The largest absolute Gasteiger partial charge is 0.346 e. The van der Waals surface area contributed by atoms with Crippen LogP contribution in [0.4, 0.5) is 0 Å². The van der Waals surface area contributed by atoms with Crippen molar-refractivity contribution in [3.8, 4) is 0 Å². The highest BCUT2D eigenvalue weighted by Gasteiger charge is 2.20. The maximum Gasteiger partial charge on any atom is 0.253 e. The number of hydrogen-bond donors (Lipinski definition) is 1. The lowest BCUT2D eigenvalue weighted by Crippen LogP contribution is -2.44. The first-order valence-electron chi connectivity index (χ1n) is 4.69. The van der Waals surface area contributed by atoms with E-state index in [1.165, 1.54) is 0 Å². The van der Waals surface area contributed by atoms with Crippen molar-refractivity contribution in [2.45, 2.75) is 19.4 Å². The van der Waals surface area contributed by atoms with Gasteiger partial charge in [0.1, 0.15) is 0 Å². The standard InChI is InChI=1S/C11H12BrCl2NO/c1-11(2,6-12)15-10(16)8-4-3-7(13)5-9(8)14/h3-5H,6H2,1-2H3,(H,15,16). The van der Waals surface area contributed by atoms with Gasteiger partial charge in [-0.2, -0.15) is 0 Å². The zero-order valence-electron chi connectivity index (χ0n) is 8.98. The van der Waals surface area contributed by atoms with Crippen molar-refractivity contribution in [1.29, 1.82) is 0 Å². The van der Waals surface area contributed by atoms with Crippen LogP contribution in [0.1, 0.15) is 24.2 Å². The topological polar surface area (TPSA) is 29.1 Å². The maximum absolute atomic E-state index is 11.9. The summed E-state index contributed by atoms with van der Waals surface area (Å²) in [6.07, 6.45) is 0. The highest BCUT2D eigenvalue weighted by Crippen LogP contribution is 2.21. The summed E-state index contributed by atoms with van der Waals surface area (Å²) in [5.74, 6) is -0.203. The van der Waals surface area contributed by atoms with E-state index in [-0.39, 0.29) is 11.4 Å². The number of rotatable bonds is 3. The first kappa shape index (κ1) is 13.8. The smallest absolute Gasteiger partial charge is 0.253 e. The van der Waals surface area contributed by atoms with Gasteiger partial charge in [-0.3, -0.25) is 4.79 Å². The Morgan fingerprint density at radius 2 is 2.06 bits per heavy atom. The number of benzene rings is 1. The van der Waals surface area contributed by atoms with Gasteiger partial charge in [-0.15, -0.1) is 0 Å². The van der Waals surface area contributed by atoms with Crippen molar-refractivity contribution < 1.29 is 4.79 Å². The van der Waals surface area contributed by atoms with Gasteiger partial charge in [0.15, 0.2) is 0 Å². The van der Waals surface area contributed by atoms with Gasteiger partial charge in [-0.1, -0.05) is 39.1 Å². The van der Waals surface area contributed by atoms with Gasteiger partial charge in [-0.05, 0) is 32.0 Å². The lowest BCUT2D eigenvalue weighted by Gasteiger charge is -2.23. The summed E-state index contributed by atoms with van der Waals surface area (Å²) in [7, 11) is 0. The number of amides is 1. The Hall–Kier alpha value is -0.250. The van der Waals surface area contributed by atoms with Crippen LogP contribution in [0.15, 0.2) is 18.2 Å². The summed E-state index contributed by atoms with van der Waals surface area (Å²) in [6.45, 7) is 3.84. The average Bonchev–Trinajstić information content (AvgIpc) is 2.16. The Balaban J connectivity index is 2.89. The molecule has 0 aromatic heterocycles. The first-order chi connectivity index (χ1) is 7.35. The van der Waals surface area contributed by atoms with E-state index in [4.69, 9.17) is 23.2 Å². The van der Waals surface area contributed by atoms with E-state index in [1.807, 2.05) is 13.8 Å². The van der Waals surface area contributed by atoms with Gasteiger partial charge >= 0.3 is 0 Å². The van der Waals surface area contributed by atoms with Crippen LogP contribution in [0.2, 0.25) is 10.0 Å². The molecule has 0 atom stereocenters. The molecule has 0 radical (unpaired) electrons. The molecular formula is C11H12BrCl2NO. The van der Waals surface area contributed by atoms with E-state index in [1.54, 1.807) is 18.2 Å². The number of alkyl halides is 1. The molecule has 0 bridgehead atoms. The predicted molar refractivity (Wildman–Crippen MR) is 71.8 cm³/mol. The molecule has 0 spiro atoms. The Morgan fingerprint density at radius 1 is 1.44 bits per heavy atom. The Bertz CT molecular complexity index is 407. The summed E-state index contributed by atoms with van der Waals surface area (Å²) in [6, 6.07) is 4.81. The SMILES string of the molecule is CC(C)(CBr)NC(=O)c1ccc(Cl)cc1Cl. The van der Waals surface area contributed by atoms with E-state index in [0.717, 1.165) is 0 Å². The van der Waals surface area contributed by atoms with Crippen molar-refractivity contribution in [1.82, 2.24) is 5.32 Å². The molecule has 5 heteroatoms. The van der Waals surface area contributed by atoms with Crippen molar-refractivity contribution in [3.63, 3.8) is 0 Å². The van der Waals surface area contributed by atoms with E-state index in [0.29, 0.717) is 20.9 Å². The summed E-state index contributed by atoms with van der Waals surface area (Å²) in [5, 5.41) is 4.40. The monoisotopic (exact) mass is 323 g/mol. The third-order valence-corrected chi connectivity index (χ3v) is 3.91. The lowest BCUT2D eigenvalue weighted by atomic mass is 10.1. The van der Waals surface area contributed by atoms with Gasteiger partial charge in [0.25, 0.3) is 5.91 Å². The minimum atomic E-state index is -0.319. The fraction of sp³-hybridized carbons (Fsp3) is 0.364. The molecule has 0 saturated carbocycles. The van der Waals surface area contributed by atoms with Crippen LogP contribution < -0.4 is 5.32 Å². The van der Waals surface area contributed by atoms with Gasteiger partial charge in [-0.25, -0.2) is 0 Å². The van der Waals surface area contributed by atoms with E-state index in [9.17, 15) is 4.79 Å². The van der Waals surface area contributed by atoms with Crippen molar-refractivity contribution in [3.05, 3.63) is 33.8 Å². The molecule has 0 fully saturated rings. The minimum Gasteiger partial charge on any atom is -0.346 e. The highest BCUT2D eigenvalue weighted by molar-refractivity contribution is 9.09. The number of halogens is 3. The molecule has 0 heterocycles. The molecule has 0 unspecified atom stereocenters. The second kappa shape index (κ2) is 5.39. The summed E-state index contributed by atoms with van der Waals surface area (Å²) in [4.78, 5) is 11.9. The molecule has 88 valence electrons. The molecule has 1 aromatic rings. The van der Waals surface area contributed by atoms with Crippen LogP contribution in [-0.2, 0) is 0 Å². The van der Waals surface area contributed by atoms with Crippen LogP contribution >= 0.6 is 39.1 Å². The molecule has 0 saturated heterocycles. The minimum absolute atomic E-state index is 0.203. The summed E-state index contributed by atoms with van der Waals surface area (Å²) in [5.41, 5.74) is 0.111. The number of carbonyl (C=O) groups excluding carboxylic acids is 1.